The fraction of sp³-hybridized carbons (Fsp3) is 0.389. The Balaban J connectivity index is 1.81. The van der Waals surface area contributed by atoms with E-state index in [9.17, 15) is 24.8 Å². The summed E-state index contributed by atoms with van der Waals surface area (Å²) in [5.41, 5.74) is 0.227. The first-order valence-electron chi connectivity index (χ1n) is 9.14. The Morgan fingerprint density at radius 1 is 1.34 bits per heavy atom. The van der Waals surface area contributed by atoms with E-state index in [0.29, 0.717) is 40.8 Å². The quantitative estimate of drug-likeness (QED) is 0.366. The zero-order valence-corrected chi connectivity index (χ0v) is 15.6. The molecule has 0 atom stereocenters. The van der Waals surface area contributed by atoms with Crippen LogP contribution < -0.4 is 16.0 Å². The van der Waals surface area contributed by atoms with Crippen LogP contribution in [-0.4, -0.2) is 31.5 Å². The van der Waals surface area contributed by atoms with Gasteiger partial charge in [0, 0.05) is 18.1 Å². The Kier molecular flexibility index (Phi) is 4.57. The largest absolute Gasteiger partial charge is 0.491 e. The zero-order chi connectivity index (χ0) is 20.7. The van der Waals surface area contributed by atoms with Gasteiger partial charge in [0.15, 0.2) is 0 Å². The van der Waals surface area contributed by atoms with Gasteiger partial charge in [-0.1, -0.05) is 0 Å². The lowest BCUT2D eigenvalue weighted by Crippen LogP contribution is -2.40. The molecule has 0 radical (unpaired) electrons. The van der Waals surface area contributed by atoms with E-state index in [1.165, 1.54) is 6.07 Å². The number of hydrogen-bond donors (Lipinski definition) is 2. The second-order valence-corrected chi connectivity index (χ2v) is 6.89. The monoisotopic (exact) mass is 402 g/mol. The van der Waals surface area contributed by atoms with Gasteiger partial charge in [-0.2, -0.15) is 0 Å². The number of aryl methyl sites for hydroxylation is 2. The summed E-state index contributed by atoms with van der Waals surface area (Å²) in [4.78, 5) is 43.8. The van der Waals surface area contributed by atoms with Crippen LogP contribution in [-0.2, 0) is 19.3 Å². The predicted octanol–water partition coefficient (Wildman–Crippen LogP) is 1.15. The van der Waals surface area contributed by atoms with Crippen molar-refractivity contribution in [1.82, 2.24) is 14.9 Å². The summed E-state index contributed by atoms with van der Waals surface area (Å²) in [5, 5.41) is 24.7. The molecule has 1 aromatic carbocycles. The average Bonchev–Trinajstić information content (AvgIpc) is 3.02. The van der Waals surface area contributed by atoms with Crippen molar-refractivity contribution >= 4 is 16.7 Å². The van der Waals surface area contributed by atoms with Crippen LogP contribution >= 0.6 is 0 Å². The summed E-state index contributed by atoms with van der Waals surface area (Å²) in [5.74, 6) is 0.123. The SMILES string of the molecule is Cc1onc(O)c1CCOn1c(=O)c(=O)[nH]c2c3c(c([N+](=O)[O-])cc21)CCCC3. The van der Waals surface area contributed by atoms with E-state index < -0.39 is 16.0 Å². The van der Waals surface area contributed by atoms with Gasteiger partial charge in [0.05, 0.1) is 16.0 Å². The van der Waals surface area contributed by atoms with Gasteiger partial charge in [-0.3, -0.25) is 19.7 Å². The lowest BCUT2D eigenvalue weighted by atomic mass is 9.89. The molecular formula is C18H18N4O7. The highest BCUT2D eigenvalue weighted by Gasteiger charge is 2.26. The van der Waals surface area contributed by atoms with E-state index in [4.69, 9.17) is 9.36 Å². The topological polar surface area (TPSA) is 153 Å². The fourth-order valence-corrected chi connectivity index (χ4v) is 3.77. The van der Waals surface area contributed by atoms with Crippen molar-refractivity contribution in [2.75, 3.05) is 6.61 Å². The summed E-state index contributed by atoms with van der Waals surface area (Å²) in [6, 6.07) is 1.26. The summed E-state index contributed by atoms with van der Waals surface area (Å²) in [7, 11) is 0. The Labute approximate surface area is 162 Å². The highest BCUT2D eigenvalue weighted by molar-refractivity contribution is 5.83. The van der Waals surface area contributed by atoms with Gasteiger partial charge in [0.25, 0.3) is 11.6 Å². The highest BCUT2D eigenvalue weighted by atomic mass is 16.7. The maximum absolute atomic E-state index is 12.4. The van der Waals surface area contributed by atoms with Gasteiger partial charge in [0.2, 0.25) is 0 Å². The summed E-state index contributed by atoms with van der Waals surface area (Å²) >= 11 is 0. The third kappa shape index (κ3) is 3.13. The number of nitro benzene ring substituents is 1. The molecule has 0 saturated carbocycles. The van der Waals surface area contributed by atoms with Gasteiger partial charge in [-0.15, -0.1) is 4.73 Å². The van der Waals surface area contributed by atoms with Crippen LogP contribution in [0.2, 0.25) is 0 Å². The molecule has 4 rings (SSSR count). The summed E-state index contributed by atoms with van der Waals surface area (Å²) in [6.07, 6.45) is 2.92. The number of aromatic nitrogens is 3. The van der Waals surface area contributed by atoms with Gasteiger partial charge >= 0.3 is 11.1 Å². The molecule has 0 spiro atoms. The minimum atomic E-state index is -0.978. The van der Waals surface area contributed by atoms with Crippen molar-refractivity contribution < 1.29 is 19.4 Å². The summed E-state index contributed by atoms with van der Waals surface area (Å²) in [6.45, 7) is 1.53. The maximum Gasteiger partial charge on any atom is 0.349 e. The van der Waals surface area contributed by atoms with E-state index in [1.807, 2.05) is 0 Å². The molecule has 0 saturated heterocycles. The fourth-order valence-electron chi connectivity index (χ4n) is 3.77. The smallest absolute Gasteiger partial charge is 0.349 e. The Morgan fingerprint density at radius 3 is 2.72 bits per heavy atom. The third-order valence-corrected chi connectivity index (χ3v) is 5.18. The molecule has 1 aliphatic rings. The van der Waals surface area contributed by atoms with Crippen LogP contribution in [0.15, 0.2) is 20.2 Å². The maximum atomic E-state index is 12.4. The minimum Gasteiger partial charge on any atom is -0.491 e. The molecule has 3 aromatic rings. The van der Waals surface area contributed by atoms with Crippen molar-refractivity contribution in [3.63, 3.8) is 0 Å². The molecule has 2 N–H and O–H groups in total. The second-order valence-electron chi connectivity index (χ2n) is 6.89. The Morgan fingerprint density at radius 2 is 2.07 bits per heavy atom. The predicted molar refractivity (Wildman–Crippen MR) is 100 cm³/mol. The van der Waals surface area contributed by atoms with Gasteiger partial charge in [-0.25, -0.2) is 0 Å². The second kappa shape index (κ2) is 7.08. The van der Waals surface area contributed by atoms with Crippen LogP contribution in [0.5, 0.6) is 5.88 Å². The van der Waals surface area contributed by atoms with Gasteiger partial charge in [0.1, 0.15) is 17.9 Å². The van der Waals surface area contributed by atoms with Crippen molar-refractivity contribution in [1.29, 1.82) is 0 Å². The molecule has 1 aliphatic carbocycles. The number of rotatable bonds is 5. The number of benzene rings is 1. The third-order valence-electron chi connectivity index (χ3n) is 5.18. The Bertz CT molecular complexity index is 1220. The van der Waals surface area contributed by atoms with Crippen LogP contribution in [0.25, 0.3) is 11.0 Å². The first kappa shape index (κ1) is 18.7. The number of aromatic amines is 1. The van der Waals surface area contributed by atoms with Gasteiger partial charge < -0.3 is 19.5 Å². The van der Waals surface area contributed by atoms with Crippen molar-refractivity contribution in [3.05, 3.63) is 59.3 Å². The molecule has 0 aliphatic heterocycles. The minimum absolute atomic E-state index is 0.0844. The van der Waals surface area contributed by atoms with Gasteiger partial charge in [-0.05, 0) is 43.3 Å². The molecule has 0 unspecified atom stereocenters. The van der Waals surface area contributed by atoms with E-state index in [-0.39, 0.29) is 30.1 Å². The van der Waals surface area contributed by atoms with Crippen LogP contribution in [0, 0.1) is 17.0 Å². The van der Waals surface area contributed by atoms with E-state index in [2.05, 4.69) is 10.1 Å². The number of hydrogen-bond acceptors (Lipinski definition) is 8. The van der Waals surface area contributed by atoms with Crippen LogP contribution in [0.3, 0.4) is 0 Å². The molecule has 0 bridgehead atoms. The molecule has 0 amide bonds. The summed E-state index contributed by atoms with van der Waals surface area (Å²) < 4.78 is 5.65. The standard InChI is InChI=1S/C18H18N4O7/c1-9-10(16(23)20-29-9)6-7-28-21-14-8-13(22(26)27)11-4-2-3-5-12(11)15(14)19-17(24)18(21)25/h8H,2-7H2,1H3,(H,19,24)(H,20,23). The number of nitrogens with zero attached hydrogens (tertiary/aromatic N) is 3. The number of H-pyrrole nitrogens is 1. The highest BCUT2D eigenvalue weighted by Crippen LogP contribution is 2.34. The number of aromatic hydroxyl groups is 1. The van der Waals surface area contributed by atoms with Crippen LogP contribution in [0.4, 0.5) is 5.69 Å². The number of nitrogens with one attached hydrogen (secondary N) is 1. The first-order chi connectivity index (χ1) is 13.9. The molecule has 0 fully saturated rings. The van der Waals surface area contributed by atoms with Crippen molar-refractivity contribution in [2.45, 2.75) is 39.0 Å². The van der Waals surface area contributed by atoms with E-state index >= 15 is 0 Å². The molecule has 152 valence electrons. The molecule has 2 aromatic heterocycles. The number of nitro groups is 1. The molecule has 2 heterocycles. The van der Waals surface area contributed by atoms with Crippen molar-refractivity contribution in [3.8, 4) is 5.88 Å². The average molecular weight is 402 g/mol. The zero-order valence-electron chi connectivity index (χ0n) is 15.6. The molecule has 11 nitrogen and oxygen atoms in total. The Hall–Kier alpha value is -3.63. The lowest BCUT2D eigenvalue weighted by molar-refractivity contribution is -0.385. The van der Waals surface area contributed by atoms with Crippen LogP contribution in [0.1, 0.15) is 35.3 Å². The normalized spacial score (nSPS) is 13.4. The first-order valence-corrected chi connectivity index (χ1v) is 9.14. The number of fused-ring (bicyclic) bond motifs is 3. The van der Waals surface area contributed by atoms with E-state index in [1.54, 1.807) is 6.92 Å². The molecule has 29 heavy (non-hydrogen) atoms. The van der Waals surface area contributed by atoms with E-state index in [0.717, 1.165) is 17.6 Å². The lowest BCUT2D eigenvalue weighted by Gasteiger charge is -2.19. The van der Waals surface area contributed by atoms with Crippen molar-refractivity contribution in [2.24, 2.45) is 0 Å². The molecular weight excluding hydrogens is 384 g/mol. The molecule has 11 heteroatoms.